The second-order valence-corrected chi connectivity index (χ2v) is 20.6. The lowest BCUT2D eigenvalue weighted by Crippen LogP contribution is -2.66. The van der Waals surface area contributed by atoms with Crippen LogP contribution < -0.4 is 0 Å². The highest BCUT2D eigenvalue weighted by atomic mass is 14.8. The van der Waals surface area contributed by atoms with Crippen LogP contribution in [0.2, 0.25) is 0 Å². The van der Waals surface area contributed by atoms with E-state index in [1.807, 2.05) is 0 Å². The first-order valence-electron chi connectivity index (χ1n) is 22.7. The third kappa shape index (κ3) is 4.03. The van der Waals surface area contributed by atoms with E-state index < -0.39 is 0 Å². The van der Waals surface area contributed by atoms with Crippen LogP contribution in [0.25, 0.3) is 77.3 Å². The topological polar surface area (TPSA) is 25.8 Å². The van der Waals surface area contributed by atoms with Crippen molar-refractivity contribution in [3.8, 4) is 44.8 Å². The molecule has 7 unspecified atom stereocenters. The Balaban J connectivity index is 1.20. The first kappa shape index (κ1) is 35.2. The quantitative estimate of drug-likeness (QED) is 0.178. The molecule has 6 aromatic carbocycles. The summed E-state index contributed by atoms with van der Waals surface area (Å²) >= 11 is 0. The zero-order valence-corrected chi connectivity index (χ0v) is 35.7. The number of aromatic nitrogens is 2. The van der Waals surface area contributed by atoms with Gasteiger partial charge in [0.25, 0.3) is 0 Å². The Hall–Kier alpha value is -5.60. The number of para-hydroxylation sites is 2. The van der Waals surface area contributed by atoms with Gasteiger partial charge in [0.2, 0.25) is 0 Å². The number of rotatable bonds is 4. The van der Waals surface area contributed by atoms with Crippen LogP contribution in [0.15, 0.2) is 133 Å². The Labute approximate surface area is 354 Å². The molecule has 3 fully saturated rings. The first-order chi connectivity index (χ1) is 29.1. The van der Waals surface area contributed by atoms with Crippen molar-refractivity contribution in [2.24, 2.45) is 22.7 Å². The van der Waals surface area contributed by atoms with Crippen LogP contribution in [0.5, 0.6) is 0 Å². The standard InChI is InChI=1S/C58H52N2/c1-33-27-46-50-40-22-14-16-24-48(40)60-54(52(50)57(6)32-34(2)58(33,46)57)44-31-38(36-19-11-8-12-20-36)28-41-42(44)29-37(35-17-9-7-10-18-35)30-43(41)53-51-49(39-21-13-15-23-47(39)59-53)45-25-26-56(51,5)55(45,3)4/h7-24,28-31,33-34,45-46H,25-27,32H2,1-6H3. The number of hydrogen-bond acceptors (Lipinski definition) is 2. The molecule has 5 aliphatic carbocycles. The average molecular weight is 777 g/mol. The molecule has 294 valence electrons. The monoisotopic (exact) mass is 776 g/mol. The van der Waals surface area contributed by atoms with Gasteiger partial charge in [0.15, 0.2) is 0 Å². The summed E-state index contributed by atoms with van der Waals surface area (Å²) in [6.07, 6.45) is 4.90. The van der Waals surface area contributed by atoms with Gasteiger partial charge in [-0.2, -0.15) is 0 Å². The molecule has 0 radical (unpaired) electrons. The fourth-order valence-electron chi connectivity index (χ4n) is 15.3. The Morgan fingerprint density at radius 3 is 1.48 bits per heavy atom. The van der Waals surface area contributed by atoms with Crippen LogP contribution >= 0.6 is 0 Å². The van der Waals surface area contributed by atoms with Crippen molar-refractivity contribution < 1.29 is 0 Å². The predicted molar refractivity (Wildman–Crippen MR) is 249 cm³/mol. The summed E-state index contributed by atoms with van der Waals surface area (Å²) < 4.78 is 0. The normalized spacial score (nSPS) is 28.9. The largest absolute Gasteiger partial charge is 0.247 e. The van der Waals surface area contributed by atoms with Gasteiger partial charge in [-0.25, -0.2) is 9.97 Å². The van der Waals surface area contributed by atoms with Crippen LogP contribution in [0.1, 0.15) is 101 Å². The van der Waals surface area contributed by atoms with Gasteiger partial charge in [0.05, 0.1) is 22.4 Å². The lowest BCUT2D eigenvalue weighted by Gasteiger charge is -2.70. The van der Waals surface area contributed by atoms with Gasteiger partial charge in [-0.05, 0) is 152 Å². The van der Waals surface area contributed by atoms with Crippen LogP contribution in [0.4, 0.5) is 0 Å². The van der Waals surface area contributed by atoms with E-state index in [-0.39, 0.29) is 16.2 Å². The molecule has 60 heavy (non-hydrogen) atoms. The van der Waals surface area contributed by atoms with E-state index in [0.717, 1.165) is 11.0 Å². The third-order valence-electron chi connectivity index (χ3n) is 18.2. The van der Waals surface area contributed by atoms with E-state index in [1.165, 1.54) is 103 Å². The highest BCUT2D eigenvalue weighted by Crippen LogP contribution is 2.83. The molecule has 2 aromatic heterocycles. The van der Waals surface area contributed by atoms with Gasteiger partial charge in [-0.1, -0.05) is 139 Å². The van der Waals surface area contributed by atoms with Gasteiger partial charge in [0.1, 0.15) is 0 Å². The second kappa shape index (κ2) is 11.6. The number of fused-ring (bicyclic) bond motifs is 13. The Morgan fingerprint density at radius 2 is 0.967 bits per heavy atom. The van der Waals surface area contributed by atoms with E-state index in [2.05, 4.69) is 175 Å². The summed E-state index contributed by atoms with van der Waals surface area (Å²) in [5, 5.41) is 5.24. The van der Waals surface area contributed by atoms with Gasteiger partial charge < -0.3 is 0 Å². The lowest BCUT2D eigenvalue weighted by atomic mass is 9.33. The van der Waals surface area contributed by atoms with Gasteiger partial charge >= 0.3 is 0 Å². The molecule has 7 atom stereocenters. The minimum Gasteiger partial charge on any atom is -0.247 e. The van der Waals surface area contributed by atoms with Crippen molar-refractivity contribution in [3.05, 3.63) is 156 Å². The second-order valence-electron chi connectivity index (χ2n) is 20.6. The van der Waals surface area contributed by atoms with E-state index in [9.17, 15) is 0 Å². The number of hydrogen-bond donors (Lipinski definition) is 0. The van der Waals surface area contributed by atoms with Crippen LogP contribution in [0.3, 0.4) is 0 Å². The van der Waals surface area contributed by atoms with Crippen molar-refractivity contribution in [3.63, 3.8) is 0 Å². The van der Waals surface area contributed by atoms with Crippen molar-refractivity contribution in [1.29, 1.82) is 0 Å². The highest BCUT2D eigenvalue weighted by Gasteiger charge is 2.77. The SMILES string of the molecule is CC1CC2c3c(c(-c4cc(-c5ccccc5)cc5c(-c6nc7ccccc7c7c6C6(C)CCC7C6(C)C)cc(-c6ccccc6)cc45)nc4ccccc34)C3(C)CC(C)C123. The Bertz CT molecular complexity index is 3160. The molecular weight excluding hydrogens is 725 g/mol. The Morgan fingerprint density at radius 1 is 0.483 bits per heavy atom. The molecule has 5 aliphatic rings. The molecule has 0 amide bonds. The maximum absolute atomic E-state index is 5.86. The molecule has 2 heteroatoms. The smallest absolute Gasteiger partial charge is 0.0756 e. The third-order valence-corrected chi connectivity index (χ3v) is 18.2. The molecule has 0 aliphatic heterocycles. The van der Waals surface area contributed by atoms with Gasteiger partial charge in [-0.3, -0.25) is 0 Å². The minimum atomic E-state index is 0.00876. The molecule has 3 saturated carbocycles. The lowest BCUT2D eigenvalue weighted by molar-refractivity contribution is -0.176. The summed E-state index contributed by atoms with van der Waals surface area (Å²) in [6.45, 7) is 15.3. The van der Waals surface area contributed by atoms with Crippen molar-refractivity contribution in [1.82, 2.24) is 9.97 Å². The first-order valence-corrected chi connectivity index (χ1v) is 22.7. The maximum atomic E-state index is 5.86. The van der Waals surface area contributed by atoms with Crippen LogP contribution in [-0.2, 0) is 10.8 Å². The zero-order valence-electron chi connectivity index (χ0n) is 35.7. The molecule has 8 aromatic rings. The number of nitrogens with zero attached hydrogens (tertiary/aromatic N) is 2. The molecule has 1 spiro atoms. The zero-order chi connectivity index (χ0) is 40.5. The minimum absolute atomic E-state index is 0.00876. The fraction of sp³-hybridized carbons (Fsp3) is 0.310. The van der Waals surface area contributed by atoms with E-state index >= 15 is 0 Å². The molecule has 0 saturated heterocycles. The van der Waals surface area contributed by atoms with E-state index in [4.69, 9.17) is 9.97 Å². The molecule has 2 nitrogen and oxygen atoms in total. The number of pyridine rings is 2. The van der Waals surface area contributed by atoms with Gasteiger partial charge in [-0.15, -0.1) is 0 Å². The van der Waals surface area contributed by atoms with E-state index in [1.54, 1.807) is 11.1 Å². The summed E-state index contributed by atoms with van der Waals surface area (Å²) in [6, 6.07) is 50.1. The van der Waals surface area contributed by atoms with Crippen molar-refractivity contribution in [2.45, 2.75) is 89.9 Å². The van der Waals surface area contributed by atoms with Crippen molar-refractivity contribution in [2.75, 3.05) is 0 Å². The molecule has 0 N–H and O–H groups in total. The molecular formula is C58H52N2. The van der Waals surface area contributed by atoms with Crippen LogP contribution in [-0.4, -0.2) is 9.97 Å². The summed E-state index contributed by atoms with van der Waals surface area (Å²) in [7, 11) is 0. The van der Waals surface area contributed by atoms with Crippen LogP contribution in [0, 0.1) is 22.7 Å². The Kier molecular flexibility index (Phi) is 6.81. The highest BCUT2D eigenvalue weighted by molar-refractivity contribution is 6.11. The summed E-state index contributed by atoms with van der Waals surface area (Å²) in [5.74, 6) is 2.47. The predicted octanol–water partition coefficient (Wildman–Crippen LogP) is 15.2. The van der Waals surface area contributed by atoms with Gasteiger partial charge in [0, 0.05) is 32.7 Å². The fourth-order valence-corrected chi connectivity index (χ4v) is 15.3. The summed E-state index contributed by atoms with van der Waals surface area (Å²) in [4.78, 5) is 11.7. The molecule has 13 rings (SSSR count). The summed E-state index contributed by atoms with van der Waals surface area (Å²) in [5.41, 5.74) is 18.7. The molecule has 2 heterocycles. The van der Waals surface area contributed by atoms with Crippen molar-refractivity contribution >= 4 is 32.6 Å². The maximum Gasteiger partial charge on any atom is 0.0756 e. The molecule has 2 bridgehead atoms. The average Bonchev–Trinajstić information content (AvgIpc) is 3.67. The van der Waals surface area contributed by atoms with E-state index in [0.29, 0.717) is 29.1 Å². The number of benzene rings is 6.